The number of halogens is 2. The van der Waals surface area contributed by atoms with E-state index in [0.717, 1.165) is 44.1 Å². The van der Waals surface area contributed by atoms with Crippen LogP contribution in [0.4, 0.5) is 10.8 Å². The second-order valence-electron chi connectivity index (χ2n) is 5.50. The van der Waals surface area contributed by atoms with Crippen LogP contribution in [-0.2, 0) is 22.5 Å². The molecule has 1 saturated heterocycles. The number of morpholine rings is 1. The SMILES string of the molecule is Cl.Cl.Nc1ccc(CC(=O)Nc2nc(CN3CCOCC3)cs2)cc1. The van der Waals surface area contributed by atoms with E-state index in [-0.39, 0.29) is 30.7 Å². The number of thiazole rings is 1. The molecule has 3 N–H and O–H groups in total. The van der Waals surface area contributed by atoms with E-state index >= 15 is 0 Å². The summed E-state index contributed by atoms with van der Waals surface area (Å²) in [5.41, 5.74) is 8.25. The summed E-state index contributed by atoms with van der Waals surface area (Å²) < 4.78 is 5.33. The summed E-state index contributed by atoms with van der Waals surface area (Å²) in [4.78, 5) is 18.9. The summed E-state index contributed by atoms with van der Waals surface area (Å²) in [5.74, 6) is -0.0676. The molecule has 0 spiro atoms. The van der Waals surface area contributed by atoms with E-state index in [2.05, 4.69) is 15.2 Å². The van der Waals surface area contributed by atoms with Gasteiger partial charge in [-0.1, -0.05) is 12.1 Å². The van der Waals surface area contributed by atoms with Gasteiger partial charge in [0.1, 0.15) is 0 Å². The van der Waals surface area contributed by atoms with Gasteiger partial charge in [-0.2, -0.15) is 0 Å². The van der Waals surface area contributed by atoms with Crippen LogP contribution in [0.2, 0.25) is 0 Å². The molecular weight excluding hydrogens is 383 g/mol. The zero-order valence-electron chi connectivity index (χ0n) is 13.6. The highest BCUT2D eigenvalue weighted by atomic mass is 35.5. The highest BCUT2D eigenvalue weighted by molar-refractivity contribution is 7.13. The molecule has 0 unspecified atom stereocenters. The Kier molecular flexibility index (Phi) is 9.16. The lowest BCUT2D eigenvalue weighted by atomic mass is 10.1. The van der Waals surface area contributed by atoms with E-state index in [1.165, 1.54) is 11.3 Å². The smallest absolute Gasteiger partial charge is 0.230 e. The van der Waals surface area contributed by atoms with Crippen molar-refractivity contribution in [3.05, 3.63) is 40.9 Å². The second-order valence-corrected chi connectivity index (χ2v) is 6.36. The van der Waals surface area contributed by atoms with Gasteiger partial charge in [-0.3, -0.25) is 9.69 Å². The van der Waals surface area contributed by atoms with Gasteiger partial charge in [0.2, 0.25) is 5.91 Å². The first-order chi connectivity index (χ1) is 11.2. The summed E-state index contributed by atoms with van der Waals surface area (Å²) in [6.07, 6.45) is 0.318. The van der Waals surface area contributed by atoms with Crippen molar-refractivity contribution >= 4 is 52.9 Å². The summed E-state index contributed by atoms with van der Waals surface area (Å²) >= 11 is 1.46. The molecule has 3 rings (SSSR count). The van der Waals surface area contributed by atoms with E-state index in [0.29, 0.717) is 17.2 Å². The van der Waals surface area contributed by atoms with Gasteiger partial charge < -0.3 is 15.8 Å². The number of hydrogen-bond acceptors (Lipinski definition) is 6. The summed E-state index contributed by atoms with van der Waals surface area (Å²) in [7, 11) is 0. The van der Waals surface area contributed by atoms with Gasteiger partial charge in [-0.05, 0) is 17.7 Å². The fourth-order valence-corrected chi connectivity index (χ4v) is 3.13. The Hall–Kier alpha value is -1.38. The molecule has 0 atom stereocenters. The fraction of sp³-hybridized carbons (Fsp3) is 0.375. The van der Waals surface area contributed by atoms with Crippen molar-refractivity contribution in [2.75, 3.05) is 37.4 Å². The number of rotatable bonds is 5. The Labute approximate surface area is 163 Å². The van der Waals surface area contributed by atoms with Crippen LogP contribution in [0.25, 0.3) is 0 Å². The van der Waals surface area contributed by atoms with E-state index in [9.17, 15) is 4.79 Å². The zero-order chi connectivity index (χ0) is 16.1. The molecule has 2 heterocycles. The fourth-order valence-electron chi connectivity index (χ4n) is 2.41. The van der Waals surface area contributed by atoms with Crippen molar-refractivity contribution in [1.29, 1.82) is 0 Å². The Morgan fingerprint density at radius 1 is 1.24 bits per heavy atom. The number of carbonyl (C=O) groups is 1. The number of nitrogens with one attached hydrogen (secondary N) is 1. The number of amides is 1. The molecular formula is C16H22Cl2N4O2S. The lowest BCUT2D eigenvalue weighted by molar-refractivity contribution is -0.115. The normalized spacial score (nSPS) is 14.2. The number of anilines is 2. The maximum Gasteiger partial charge on any atom is 0.230 e. The first-order valence-electron chi connectivity index (χ1n) is 7.58. The third-order valence-corrected chi connectivity index (χ3v) is 4.44. The summed E-state index contributed by atoms with van der Waals surface area (Å²) in [5, 5.41) is 5.50. The van der Waals surface area contributed by atoms with Crippen LogP contribution in [0.15, 0.2) is 29.6 Å². The van der Waals surface area contributed by atoms with Crippen LogP contribution in [0.3, 0.4) is 0 Å². The third kappa shape index (κ3) is 6.80. The molecule has 25 heavy (non-hydrogen) atoms. The molecule has 0 radical (unpaired) electrons. The zero-order valence-corrected chi connectivity index (χ0v) is 16.1. The molecule has 9 heteroatoms. The van der Waals surface area contributed by atoms with Crippen LogP contribution >= 0.6 is 36.2 Å². The first kappa shape index (κ1) is 21.7. The molecule has 2 aromatic rings. The lowest BCUT2D eigenvalue weighted by Gasteiger charge is -2.25. The molecule has 1 aliphatic rings. The lowest BCUT2D eigenvalue weighted by Crippen LogP contribution is -2.35. The first-order valence-corrected chi connectivity index (χ1v) is 8.46. The number of hydrogen-bond donors (Lipinski definition) is 2. The van der Waals surface area contributed by atoms with Crippen molar-refractivity contribution in [3.63, 3.8) is 0 Å². The van der Waals surface area contributed by atoms with Crippen molar-refractivity contribution in [3.8, 4) is 0 Å². The number of nitrogens with zero attached hydrogens (tertiary/aromatic N) is 2. The Balaban J connectivity index is 0.00000156. The topological polar surface area (TPSA) is 80.5 Å². The second kappa shape index (κ2) is 10.6. The quantitative estimate of drug-likeness (QED) is 0.748. The van der Waals surface area contributed by atoms with Crippen molar-refractivity contribution < 1.29 is 9.53 Å². The largest absolute Gasteiger partial charge is 0.399 e. The minimum Gasteiger partial charge on any atom is -0.399 e. The average molecular weight is 405 g/mol. The summed E-state index contributed by atoms with van der Waals surface area (Å²) in [6.45, 7) is 4.20. The molecule has 1 aliphatic heterocycles. The maximum atomic E-state index is 12.1. The molecule has 0 saturated carbocycles. The highest BCUT2D eigenvalue weighted by Gasteiger charge is 2.13. The van der Waals surface area contributed by atoms with E-state index in [1.54, 1.807) is 12.1 Å². The predicted molar refractivity (Wildman–Crippen MR) is 106 cm³/mol. The van der Waals surface area contributed by atoms with Crippen molar-refractivity contribution in [1.82, 2.24) is 9.88 Å². The predicted octanol–water partition coefficient (Wildman–Crippen LogP) is 2.58. The number of ether oxygens (including phenoxy) is 1. The van der Waals surface area contributed by atoms with Crippen LogP contribution in [0, 0.1) is 0 Å². The van der Waals surface area contributed by atoms with Crippen molar-refractivity contribution in [2.45, 2.75) is 13.0 Å². The van der Waals surface area contributed by atoms with Crippen molar-refractivity contribution in [2.24, 2.45) is 0 Å². The third-order valence-electron chi connectivity index (χ3n) is 3.63. The van der Waals surface area contributed by atoms with Gasteiger partial charge in [0.25, 0.3) is 0 Å². The number of benzene rings is 1. The van der Waals surface area contributed by atoms with Gasteiger partial charge in [-0.15, -0.1) is 36.2 Å². The molecule has 1 aromatic carbocycles. The summed E-state index contributed by atoms with van der Waals surface area (Å²) in [6, 6.07) is 7.32. The molecule has 6 nitrogen and oxygen atoms in total. The number of carbonyl (C=O) groups excluding carboxylic acids is 1. The Morgan fingerprint density at radius 3 is 2.60 bits per heavy atom. The van der Waals surface area contributed by atoms with Gasteiger partial charge in [0, 0.05) is 30.7 Å². The van der Waals surface area contributed by atoms with Crippen LogP contribution in [-0.4, -0.2) is 42.1 Å². The standard InChI is InChI=1S/C16H20N4O2S.2ClH/c17-13-3-1-12(2-4-13)9-15(21)19-16-18-14(11-23-16)10-20-5-7-22-8-6-20;;/h1-4,11H,5-10,17H2,(H,18,19,21);2*1H. The number of nitrogen functional groups attached to an aromatic ring is 1. The number of nitrogens with two attached hydrogens (primary N) is 1. The van der Waals surface area contributed by atoms with Gasteiger partial charge in [0.05, 0.1) is 25.3 Å². The maximum absolute atomic E-state index is 12.1. The van der Waals surface area contributed by atoms with Gasteiger partial charge in [-0.25, -0.2) is 4.98 Å². The van der Waals surface area contributed by atoms with Gasteiger partial charge in [0.15, 0.2) is 5.13 Å². The number of aromatic nitrogens is 1. The minimum absolute atomic E-state index is 0. The Bertz CT molecular complexity index is 660. The Morgan fingerprint density at radius 2 is 1.92 bits per heavy atom. The van der Waals surface area contributed by atoms with Crippen LogP contribution in [0.5, 0.6) is 0 Å². The van der Waals surface area contributed by atoms with Crippen LogP contribution < -0.4 is 11.1 Å². The van der Waals surface area contributed by atoms with Crippen LogP contribution in [0.1, 0.15) is 11.3 Å². The molecule has 1 amide bonds. The molecule has 1 fully saturated rings. The molecule has 1 aromatic heterocycles. The average Bonchev–Trinajstić information content (AvgIpc) is 2.97. The van der Waals surface area contributed by atoms with Gasteiger partial charge >= 0.3 is 0 Å². The monoisotopic (exact) mass is 404 g/mol. The van der Waals surface area contributed by atoms with E-state index in [1.807, 2.05) is 17.5 Å². The van der Waals surface area contributed by atoms with E-state index in [4.69, 9.17) is 10.5 Å². The molecule has 0 aliphatic carbocycles. The highest BCUT2D eigenvalue weighted by Crippen LogP contribution is 2.18. The van der Waals surface area contributed by atoms with E-state index < -0.39 is 0 Å². The molecule has 0 bridgehead atoms. The molecule has 138 valence electrons. The minimum atomic E-state index is -0.0676.